The predicted octanol–water partition coefficient (Wildman–Crippen LogP) is 5.60. The summed E-state index contributed by atoms with van der Waals surface area (Å²) in [5.74, 6) is 1.77. The molecule has 0 unspecified atom stereocenters. The molecule has 0 amide bonds. The minimum absolute atomic E-state index is 0.111. The zero-order valence-corrected chi connectivity index (χ0v) is 17.8. The van der Waals surface area contributed by atoms with Gasteiger partial charge < -0.3 is 9.84 Å². The summed E-state index contributed by atoms with van der Waals surface area (Å²) in [5, 5.41) is 9.83. The van der Waals surface area contributed by atoms with Gasteiger partial charge in [-0.3, -0.25) is 0 Å². The van der Waals surface area contributed by atoms with Crippen LogP contribution >= 0.6 is 0 Å². The first-order valence-electron chi connectivity index (χ1n) is 10.2. The van der Waals surface area contributed by atoms with Gasteiger partial charge in [-0.15, -0.1) is 0 Å². The molecule has 0 bridgehead atoms. The molecule has 0 aliphatic heterocycles. The van der Waals surface area contributed by atoms with Crippen LogP contribution in [-0.4, -0.2) is 21.2 Å². The third-order valence-electron chi connectivity index (χ3n) is 4.96. The summed E-state index contributed by atoms with van der Waals surface area (Å²) >= 11 is 0. The van der Waals surface area contributed by atoms with Crippen molar-refractivity contribution in [3.05, 3.63) is 35.2 Å². The molecule has 1 aromatic heterocycles. The van der Waals surface area contributed by atoms with Crippen molar-refractivity contribution in [3.63, 3.8) is 0 Å². The molecule has 2 aromatic rings. The van der Waals surface area contributed by atoms with Crippen molar-refractivity contribution in [1.82, 2.24) is 9.97 Å². The third kappa shape index (κ3) is 4.79. The Kier molecular flexibility index (Phi) is 7.23. The van der Waals surface area contributed by atoms with Gasteiger partial charge in [0, 0.05) is 5.56 Å². The molecule has 27 heavy (non-hydrogen) atoms. The lowest BCUT2D eigenvalue weighted by Crippen LogP contribution is -2.30. The van der Waals surface area contributed by atoms with Gasteiger partial charge in [-0.1, -0.05) is 48.5 Å². The number of hydrogen-bond acceptors (Lipinski definition) is 4. The minimum atomic E-state index is 0.111. The van der Waals surface area contributed by atoms with Crippen LogP contribution in [0.1, 0.15) is 65.4 Å². The lowest BCUT2D eigenvalue weighted by molar-refractivity contribution is 0.0976. The molecule has 0 spiro atoms. The van der Waals surface area contributed by atoms with E-state index in [-0.39, 0.29) is 11.9 Å². The van der Waals surface area contributed by atoms with Crippen molar-refractivity contribution in [2.24, 2.45) is 11.8 Å². The number of aromatic nitrogens is 2. The molecule has 4 heteroatoms. The Morgan fingerprint density at radius 1 is 0.889 bits per heavy atom. The molecule has 0 saturated carbocycles. The van der Waals surface area contributed by atoms with Crippen LogP contribution in [0.3, 0.4) is 0 Å². The summed E-state index contributed by atoms with van der Waals surface area (Å²) < 4.78 is 6.35. The molecule has 0 atom stereocenters. The summed E-state index contributed by atoms with van der Waals surface area (Å²) in [4.78, 5) is 9.87. The Balaban J connectivity index is 2.57. The molecular formula is C23H34N2O2. The average Bonchev–Trinajstić information content (AvgIpc) is 2.64. The van der Waals surface area contributed by atoms with Crippen LogP contribution in [0.5, 0.6) is 11.6 Å². The number of benzene rings is 1. The van der Waals surface area contributed by atoms with Gasteiger partial charge in [0.1, 0.15) is 17.5 Å². The van der Waals surface area contributed by atoms with Crippen LogP contribution in [-0.2, 0) is 19.3 Å². The van der Waals surface area contributed by atoms with E-state index in [1.807, 2.05) is 12.1 Å². The maximum absolute atomic E-state index is 9.83. The average molecular weight is 371 g/mol. The second-order valence-electron chi connectivity index (χ2n) is 7.74. The van der Waals surface area contributed by atoms with Gasteiger partial charge in [0.05, 0.1) is 11.4 Å². The zero-order valence-electron chi connectivity index (χ0n) is 17.8. The number of ether oxygens (including phenoxy) is 1. The van der Waals surface area contributed by atoms with E-state index in [1.165, 1.54) is 0 Å². The first-order valence-corrected chi connectivity index (χ1v) is 10.2. The van der Waals surface area contributed by atoms with Gasteiger partial charge >= 0.3 is 0 Å². The lowest BCUT2D eigenvalue weighted by Gasteiger charge is -2.27. The van der Waals surface area contributed by atoms with E-state index in [0.29, 0.717) is 17.7 Å². The first-order chi connectivity index (χ1) is 12.8. The van der Waals surface area contributed by atoms with Crippen molar-refractivity contribution in [3.8, 4) is 22.9 Å². The third-order valence-corrected chi connectivity index (χ3v) is 4.96. The van der Waals surface area contributed by atoms with Gasteiger partial charge in [0.25, 0.3) is 0 Å². The maximum atomic E-state index is 9.83. The first kappa shape index (κ1) is 21.2. The number of nitrogens with zero attached hydrogens (tertiary/aromatic N) is 2. The van der Waals surface area contributed by atoms with Crippen molar-refractivity contribution in [1.29, 1.82) is 0 Å². The maximum Gasteiger partial charge on any atom is 0.236 e. The van der Waals surface area contributed by atoms with Crippen molar-refractivity contribution < 1.29 is 9.84 Å². The quantitative estimate of drug-likeness (QED) is 0.657. The summed E-state index contributed by atoms with van der Waals surface area (Å²) in [6.45, 7) is 15.0. The number of aromatic hydroxyl groups is 1. The van der Waals surface area contributed by atoms with Crippen molar-refractivity contribution in [2.75, 3.05) is 0 Å². The van der Waals surface area contributed by atoms with Crippen LogP contribution < -0.4 is 4.74 Å². The van der Waals surface area contributed by atoms with Crippen LogP contribution in [0.25, 0.3) is 11.3 Å². The highest BCUT2D eigenvalue weighted by molar-refractivity contribution is 5.67. The Labute approximate surface area is 164 Å². The van der Waals surface area contributed by atoms with Crippen molar-refractivity contribution >= 4 is 0 Å². The fraction of sp³-hybridized carbons (Fsp3) is 0.565. The van der Waals surface area contributed by atoms with Gasteiger partial charge in [0.15, 0.2) is 0 Å². The summed E-state index contributed by atoms with van der Waals surface area (Å²) in [6.07, 6.45) is 2.49. The number of phenolic OH excluding ortho intramolecular Hbond substituents is 1. The van der Waals surface area contributed by atoms with Crippen LogP contribution in [0.15, 0.2) is 18.2 Å². The molecule has 0 fully saturated rings. The molecule has 0 saturated heterocycles. The Morgan fingerprint density at radius 2 is 1.52 bits per heavy atom. The van der Waals surface area contributed by atoms with Gasteiger partial charge in [-0.25, -0.2) is 9.97 Å². The fourth-order valence-electron chi connectivity index (χ4n) is 3.55. The SMILES string of the molecule is CCc1cc(O)ccc1-c1nc(CC)c(OC(C(C)C)C(C)C)nc1CC. The minimum Gasteiger partial charge on any atom is -0.508 e. The smallest absolute Gasteiger partial charge is 0.236 e. The highest BCUT2D eigenvalue weighted by Gasteiger charge is 2.23. The Morgan fingerprint density at radius 3 is 2.04 bits per heavy atom. The second kappa shape index (κ2) is 9.20. The summed E-state index contributed by atoms with van der Waals surface area (Å²) in [7, 11) is 0. The topological polar surface area (TPSA) is 55.2 Å². The molecule has 4 nitrogen and oxygen atoms in total. The standard InChI is InChI=1S/C23H34N2O2/c1-8-16-13-17(26)11-12-18(16)21-19(9-2)25-23(20(10-3)24-21)27-22(14(4)5)15(6)7/h11-15,22,26H,8-10H2,1-7H3. The molecular weight excluding hydrogens is 336 g/mol. The molecule has 1 N–H and O–H groups in total. The second-order valence-corrected chi connectivity index (χ2v) is 7.74. The summed E-state index contributed by atoms with van der Waals surface area (Å²) in [6, 6.07) is 5.49. The number of rotatable bonds is 8. The van der Waals surface area contributed by atoms with Crippen molar-refractivity contribution in [2.45, 2.75) is 73.8 Å². The van der Waals surface area contributed by atoms with E-state index in [1.54, 1.807) is 6.07 Å². The number of hydrogen-bond donors (Lipinski definition) is 1. The molecule has 2 rings (SSSR count). The van der Waals surface area contributed by atoms with E-state index in [9.17, 15) is 5.11 Å². The van der Waals surface area contributed by atoms with E-state index in [0.717, 1.165) is 47.5 Å². The molecule has 0 aliphatic rings. The van der Waals surface area contributed by atoms with Gasteiger partial charge in [-0.2, -0.15) is 0 Å². The van der Waals surface area contributed by atoms with E-state index in [4.69, 9.17) is 14.7 Å². The highest BCUT2D eigenvalue weighted by Crippen LogP contribution is 2.32. The van der Waals surface area contributed by atoms with E-state index >= 15 is 0 Å². The van der Waals surface area contributed by atoms with Crippen LogP contribution in [0.2, 0.25) is 0 Å². The monoisotopic (exact) mass is 370 g/mol. The normalized spacial score (nSPS) is 11.6. The van der Waals surface area contributed by atoms with E-state index in [2.05, 4.69) is 48.5 Å². The van der Waals surface area contributed by atoms with E-state index < -0.39 is 0 Å². The largest absolute Gasteiger partial charge is 0.508 e. The van der Waals surface area contributed by atoms with Crippen LogP contribution in [0, 0.1) is 11.8 Å². The lowest BCUT2D eigenvalue weighted by atomic mass is 9.96. The molecule has 0 aliphatic carbocycles. The number of phenols is 1. The highest BCUT2D eigenvalue weighted by atomic mass is 16.5. The molecule has 0 radical (unpaired) electrons. The van der Waals surface area contributed by atoms with Gasteiger partial charge in [0.2, 0.25) is 5.88 Å². The molecule has 1 heterocycles. The molecule has 148 valence electrons. The van der Waals surface area contributed by atoms with Crippen LogP contribution in [0.4, 0.5) is 0 Å². The number of aryl methyl sites for hydroxylation is 3. The fourth-order valence-corrected chi connectivity index (χ4v) is 3.55. The summed E-state index contributed by atoms with van der Waals surface area (Å²) in [5.41, 5.74) is 4.86. The zero-order chi connectivity index (χ0) is 20.1. The molecule has 1 aromatic carbocycles. The Hall–Kier alpha value is -2.10. The van der Waals surface area contributed by atoms with Gasteiger partial charge in [-0.05, 0) is 54.9 Å². The Bertz CT molecular complexity index is 761. The predicted molar refractivity (Wildman–Crippen MR) is 111 cm³/mol.